The molecule has 0 aromatic carbocycles. The monoisotopic (exact) mass is 210 g/mol. The van der Waals surface area contributed by atoms with E-state index in [1.165, 1.54) is 23.4 Å². The zero-order chi connectivity index (χ0) is 11.3. The summed E-state index contributed by atoms with van der Waals surface area (Å²) in [5, 5.41) is 0. The minimum Gasteiger partial charge on any atom is -0.383 e. The molecular weight excluding hydrogens is 196 g/mol. The third kappa shape index (κ3) is 2.92. The molecule has 0 radical (unpaired) electrons. The van der Waals surface area contributed by atoms with Crippen molar-refractivity contribution in [1.29, 1.82) is 0 Å². The molecule has 0 aliphatic heterocycles. The number of carbonyl (C=O) groups excluding carboxylic acids is 1. The summed E-state index contributed by atoms with van der Waals surface area (Å²) in [5.74, 6) is -0.297. The van der Waals surface area contributed by atoms with Gasteiger partial charge in [0.25, 0.3) is 5.91 Å². The highest BCUT2D eigenvalue weighted by Gasteiger charge is 2.13. The maximum Gasteiger partial charge on any atom is 0.259 e. The van der Waals surface area contributed by atoms with Crippen molar-refractivity contribution in [2.75, 3.05) is 27.3 Å². The van der Waals surface area contributed by atoms with Gasteiger partial charge >= 0.3 is 0 Å². The lowest BCUT2D eigenvalue weighted by molar-refractivity contribution is 0.0742. The number of aromatic amines is 1. The molecule has 0 saturated carbocycles. The molecule has 0 bridgehead atoms. The molecule has 0 atom stereocenters. The lowest BCUT2D eigenvalue weighted by Gasteiger charge is -2.15. The number of nitrogens with zero attached hydrogens (tertiary/aromatic N) is 1. The van der Waals surface area contributed by atoms with Crippen molar-refractivity contribution in [2.45, 2.75) is 0 Å². The molecule has 1 aromatic heterocycles. The number of ether oxygens (including phenoxy) is 1. The van der Waals surface area contributed by atoms with E-state index in [0.29, 0.717) is 13.2 Å². The van der Waals surface area contributed by atoms with Crippen LogP contribution in [0.2, 0.25) is 0 Å². The van der Waals surface area contributed by atoms with E-state index in [1.54, 1.807) is 14.2 Å². The van der Waals surface area contributed by atoms with Crippen molar-refractivity contribution >= 4 is 5.91 Å². The van der Waals surface area contributed by atoms with Gasteiger partial charge in [-0.25, -0.2) is 0 Å². The van der Waals surface area contributed by atoms with Crippen LogP contribution in [0.3, 0.4) is 0 Å². The first-order valence-electron chi connectivity index (χ1n) is 4.58. The van der Waals surface area contributed by atoms with E-state index in [9.17, 15) is 9.59 Å². The summed E-state index contributed by atoms with van der Waals surface area (Å²) in [6, 6.07) is 1.33. The van der Waals surface area contributed by atoms with Crippen LogP contribution in [0.5, 0.6) is 0 Å². The van der Waals surface area contributed by atoms with E-state index < -0.39 is 0 Å². The van der Waals surface area contributed by atoms with Crippen molar-refractivity contribution in [3.63, 3.8) is 0 Å². The third-order valence-electron chi connectivity index (χ3n) is 2.03. The van der Waals surface area contributed by atoms with Gasteiger partial charge in [-0.05, 0) is 0 Å². The Balaban J connectivity index is 2.77. The van der Waals surface area contributed by atoms with Gasteiger partial charge in [0.05, 0.1) is 6.61 Å². The fourth-order valence-corrected chi connectivity index (χ4v) is 1.12. The van der Waals surface area contributed by atoms with Gasteiger partial charge in [-0.2, -0.15) is 0 Å². The van der Waals surface area contributed by atoms with Crippen molar-refractivity contribution in [3.05, 3.63) is 34.2 Å². The summed E-state index contributed by atoms with van der Waals surface area (Å²) >= 11 is 0. The minimum absolute atomic E-state index is 0.149. The normalized spacial score (nSPS) is 10.0. The van der Waals surface area contributed by atoms with Crippen LogP contribution in [0.4, 0.5) is 0 Å². The van der Waals surface area contributed by atoms with Crippen LogP contribution in [0.25, 0.3) is 0 Å². The van der Waals surface area contributed by atoms with E-state index in [0.717, 1.165) is 0 Å². The zero-order valence-corrected chi connectivity index (χ0v) is 8.82. The molecule has 0 saturated heterocycles. The van der Waals surface area contributed by atoms with Crippen molar-refractivity contribution in [2.24, 2.45) is 0 Å². The molecule has 1 aromatic rings. The molecule has 1 rings (SSSR count). The molecule has 15 heavy (non-hydrogen) atoms. The van der Waals surface area contributed by atoms with Crippen LogP contribution >= 0.6 is 0 Å². The predicted octanol–water partition coefficient (Wildman–Crippen LogP) is 0.0933. The fraction of sp³-hybridized carbons (Fsp3) is 0.400. The second kappa shape index (κ2) is 5.31. The SMILES string of the molecule is COCCN(C)C(=O)c1c[nH]ccc1=O. The first-order valence-corrected chi connectivity index (χ1v) is 4.58. The van der Waals surface area contributed by atoms with Gasteiger partial charge in [0.1, 0.15) is 5.56 Å². The topological polar surface area (TPSA) is 62.4 Å². The van der Waals surface area contributed by atoms with E-state index >= 15 is 0 Å². The molecular formula is C10H14N2O3. The maximum absolute atomic E-state index is 11.7. The number of rotatable bonds is 4. The lowest BCUT2D eigenvalue weighted by atomic mass is 10.2. The number of hydrogen-bond acceptors (Lipinski definition) is 3. The Hall–Kier alpha value is -1.62. The molecule has 1 amide bonds. The number of nitrogens with one attached hydrogen (secondary N) is 1. The van der Waals surface area contributed by atoms with E-state index in [4.69, 9.17) is 4.74 Å². The van der Waals surface area contributed by atoms with Crippen LogP contribution in [0, 0.1) is 0 Å². The predicted molar refractivity (Wildman–Crippen MR) is 55.9 cm³/mol. The van der Waals surface area contributed by atoms with Gasteiger partial charge in [0, 0.05) is 39.2 Å². The van der Waals surface area contributed by atoms with E-state index in [-0.39, 0.29) is 16.9 Å². The highest BCUT2D eigenvalue weighted by molar-refractivity contribution is 5.93. The van der Waals surface area contributed by atoms with Crippen LogP contribution in [0.1, 0.15) is 10.4 Å². The number of methoxy groups -OCH3 is 1. The first-order chi connectivity index (χ1) is 7.16. The Morgan fingerprint density at radius 1 is 1.60 bits per heavy atom. The Labute approximate surface area is 87.7 Å². The molecule has 82 valence electrons. The molecule has 1 N–H and O–H groups in total. The number of H-pyrrole nitrogens is 1. The van der Waals surface area contributed by atoms with Gasteiger partial charge in [-0.15, -0.1) is 0 Å². The van der Waals surface area contributed by atoms with Crippen molar-refractivity contribution in [1.82, 2.24) is 9.88 Å². The van der Waals surface area contributed by atoms with Gasteiger partial charge in [0.15, 0.2) is 5.43 Å². The summed E-state index contributed by atoms with van der Waals surface area (Å²) in [5.41, 5.74) is -0.126. The Morgan fingerprint density at radius 2 is 2.33 bits per heavy atom. The summed E-state index contributed by atoms with van der Waals surface area (Å²) in [4.78, 5) is 27.2. The molecule has 5 nitrogen and oxygen atoms in total. The molecule has 0 fully saturated rings. The summed E-state index contributed by atoms with van der Waals surface area (Å²) in [7, 11) is 3.20. The summed E-state index contributed by atoms with van der Waals surface area (Å²) < 4.78 is 4.85. The Bertz CT molecular complexity index is 386. The summed E-state index contributed by atoms with van der Waals surface area (Å²) in [6.45, 7) is 0.913. The largest absolute Gasteiger partial charge is 0.383 e. The fourth-order valence-electron chi connectivity index (χ4n) is 1.12. The lowest BCUT2D eigenvalue weighted by Crippen LogP contribution is -2.33. The smallest absolute Gasteiger partial charge is 0.259 e. The number of likely N-dealkylation sites (N-methyl/N-ethyl adjacent to an activating group) is 1. The van der Waals surface area contributed by atoms with Gasteiger partial charge in [-0.1, -0.05) is 0 Å². The molecule has 5 heteroatoms. The minimum atomic E-state index is -0.297. The number of amides is 1. The quantitative estimate of drug-likeness (QED) is 0.766. The highest BCUT2D eigenvalue weighted by atomic mass is 16.5. The first kappa shape index (κ1) is 11.5. The summed E-state index contributed by atoms with van der Waals surface area (Å²) in [6.07, 6.45) is 2.90. The average molecular weight is 210 g/mol. The van der Waals surface area contributed by atoms with Crippen molar-refractivity contribution < 1.29 is 9.53 Å². The molecule has 1 heterocycles. The second-order valence-electron chi connectivity index (χ2n) is 3.14. The van der Waals surface area contributed by atoms with E-state index in [1.807, 2.05) is 0 Å². The Kier molecular flexibility index (Phi) is 4.05. The second-order valence-corrected chi connectivity index (χ2v) is 3.14. The highest BCUT2D eigenvalue weighted by Crippen LogP contribution is 1.95. The molecule has 0 aliphatic rings. The Morgan fingerprint density at radius 3 is 2.93 bits per heavy atom. The molecule has 0 unspecified atom stereocenters. The van der Waals surface area contributed by atoms with Gasteiger partial charge < -0.3 is 14.6 Å². The maximum atomic E-state index is 11.7. The molecule has 0 aliphatic carbocycles. The third-order valence-corrected chi connectivity index (χ3v) is 2.03. The van der Waals surface area contributed by atoms with Crippen molar-refractivity contribution in [3.8, 4) is 0 Å². The standard InChI is InChI=1S/C10H14N2O3/c1-12(5-6-15-2)10(14)8-7-11-4-3-9(8)13/h3-4,7H,5-6H2,1-2H3,(H,11,13). The van der Waals surface area contributed by atoms with Crippen LogP contribution < -0.4 is 5.43 Å². The average Bonchev–Trinajstić information content (AvgIpc) is 2.25. The number of carbonyl (C=O) groups is 1. The number of pyridine rings is 1. The zero-order valence-electron chi connectivity index (χ0n) is 8.82. The van der Waals surface area contributed by atoms with Gasteiger partial charge in [-0.3, -0.25) is 9.59 Å². The van der Waals surface area contributed by atoms with Crippen LogP contribution in [-0.2, 0) is 4.74 Å². The van der Waals surface area contributed by atoms with E-state index in [2.05, 4.69) is 4.98 Å². The number of hydrogen-bond donors (Lipinski definition) is 1. The molecule has 0 spiro atoms. The van der Waals surface area contributed by atoms with Crippen LogP contribution in [-0.4, -0.2) is 43.1 Å². The van der Waals surface area contributed by atoms with Crippen LogP contribution in [0.15, 0.2) is 23.3 Å². The van der Waals surface area contributed by atoms with Gasteiger partial charge in [0.2, 0.25) is 0 Å². The number of aromatic nitrogens is 1.